The lowest BCUT2D eigenvalue weighted by Gasteiger charge is -1.94. The molecule has 0 saturated heterocycles. The maximum atomic E-state index is 9.89. The zero-order valence-corrected chi connectivity index (χ0v) is 7.46. The third-order valence-corrected chi connectivity index (χ3v) is 1.96. The van der Waals surface area contributed by atoms with Crippen LogP contribution in [0.25, 0.3) is 0 Å². The molecule has 0 aromatic carbocycles. The quantitative estimate of drug-likeness (QED) is 0.482. The van der Waals surface area contributed by atoms with E-state index in [4.69, 9.17) is 0 Å². The van der Waals surface area contributed by atoms with Gasteiger partial charge in [0.1, 0.15) is 0 Å². The molecule has 4 heteroatoms. The van der Waals surface area contributed by atoms with Crippen molar-refractivity contribution in [3.63, 3.8) is 0 Å². The molecule has 1 heterocycles. The number of hydrogen-bond acceptors (Lipinski definition) is 3. The summed E-state index contributed by atoms with van der Waals surface area (Å²) >= 11 is 0. The van der Waals surface area contributed by atoms with Crippen LogP contribution in [0.3, 0.4) is 0 Å². The minimum Gasteiger partial charge on any atom is -0.272 e. The third kappa shape index (κ3) is 1.43. The van der Waals surface area contributed by atoms with Gasteiger partial charge in [-0.2, -0.15) is 5.10 Å². The normalized spacial score (nSPS) is 9.58. The highest BCUT2D eigenvalue weighted by atomic mass is 16.1. The molecule has 0 aliphatic heterocycles. The molecule has 1 aromatic rings. The minimum atomic E-state index is 0.384. The van der Waals surface area contributed by atoms with E-state index in [0.29, 0.717) is 6.54 Å². The Hall–Kier alpha value is -1.41. The van der Waals surface area contributed by atoms with Crippen LogP contribution in [0.2, 0.25) is 0 Å². The molecule has 64 valence electrons. The van der Waals surface area contributed by atoms with Crippen LogP contribution >= 0.6 is 0 Å². The molecule has 12 heavy (non-hydrogen) atoms. The number of nitrogens with zero attached hydrogens (tertiary/aromatic N) is 3. The summed E-state index contributed by atoms with van der Waals surface area (Å²) in [6.07, 6.45) is 1.52. The van der Waals surface area contributed by atoms with Crippen LogP contribution in [0.1, 0.15) is 17.0 Å². The summed E-state index contributed by atoms with van der Waals surface area (Å²) in [5.74, 6) is 0. The molecule has 0 saturated carbocycles. The van der Waals surface area contributed by atoms with Crippen LogP contribution in [0, 0.1) is 13.8 Å². The van der Waals surface area contributed by atoms with Gasteiger partial charge in [0.05, 0.1) is 12.2 Å². The predicted molar refractivity (Wildman–Crippen MR) is 44.5 cm³/mol. The van der Waals surface area contributed by atoms with Gasteiger partial charge in [-0.3, -0.25) is 4.68 Å². The molecule has 0 N–H and O–H groups in total. The van der Waals surface area contributed by atoms with Crippen molar-refractivity contribution in [3.05, 3.63) is 17.0 Å². The Bertz CT molecular complexity index is 334. The first-order valence-corrected chi connectivity index (χ1v) is 3.69. The van der Waals surface area contributed by atoms with Crippen LogP contribution in [0.15, 0.2) is 4.99 Å². The number of isocyanates is 1. The number of carbonyl (C=O) groups excluding carboxylic acids is 1. The van der Waals surface area contributed by atoms with E-state index in [1.807, 2.05) is 20.9 Å². The summed E-state index contributed by atoms with van der Waals surface area (Å²) in [5.41, 5.74) is 2.99. The molecule has 0 aliphatic rings. The van der Waals surface area contributed by atoms with E-state index < -0.39 is 0 Å². The van der Waals surface area contributed by atoms with Gasteiger partial charge < -0.3 is 0 Å². The second-order valence-electron chi connectivity index (χ2n) is 2.68. The molecule has 1 rings (SSSR count). The Morgan fingerprint density at radius 3 is 2.67 bits per heavy atom. The number of rotatable bonds is 2. The van der Waals surface area contributed by atoms with Gasteiger partial charge in [-0.1, -0.05) is 0 Å². The average Bonchev–Trinajstić information content (AvgIpc) is 2.25. The van der Waals surface area contributed by atoms with Crippen molar-refractivity contribution in [2.24, 2.45) is 12.0 Å². The summed E-state index contributed by atoms with van der Waals surface area (Å²) in [7, 11) is 1.87. The number of aliphatic imine (C=N–C) groups is 1. The van der Waals surface area contributed by atoms with Crippen molar-refractivity contribution in [2.45, 2.75) is 20.4 Å². The van der Waals surface area contributed by atoms with E-state index in [0.717, 1.165) is 17.0 Å². The summed E-state index contributed by atoms with van der Waals surface area (Å²) in [5, 5.41) is 4.19. The summed E-state index contributed by atoms with van der Waals surface area (Å²) < 4.78 is 1.78. The number of aromatic nitrogens is 2. The highest BCUT2D eigenvalue weighted by Crippen LogP contribution is 2.12. The van der Waals surface area contributed by atoms with E-state index in [9.17, 15) is 4.79 Å². The average molecular weight is 165 g/mol. The maximum Gasteiger partial charge on any atom is 0.235 e. The second kappa shape index (κ2) is 3.32. The summed E-state index contributed by atoms with van der Waals surface area (Å²) in [4.78, 5) is 13.4. The SMILES string of the molecule is Cc1nn(C)c(C)c1CN=C=O. The van der Waals surface area contributed by atoms with Crippen molar-refractivity contribution in [3.8, 4) is 0 Å². The van der Waals surface area contributed by atoms with Crippen LogP contribution in [0.5, 0.6) is 0 Å². The smallest absolute Gasteiger partial charge is 0.235 e. The lowest BCUT2D eigenvalue weighted by Crippen LogP contribution is -1.93. The Morgan fingerprint density at radius 1 is 1.58 bits per heavy atom. The Morgan fingerprint density at radius 2 is 2.25 bits per heavy atom. The molecule has 0 aliphatic carbocycles. The minimum absolute atomic E-state index is 0.384. The van der Waals surface area contributed by atoms with Gasteiger partial charge in [0.2, 0.25) is 6.08 Å². The Balaban J connectivity index is 3.04. The predicted octanol–water partition coefficient (Wildman–Crippen LogP) is 0.873. The fourth-order valence-corrected chi connectivity index (χ4v) is 1.16. The molecule has 0 spiro atoms. The molecule has 4 nitrogen and oxygen atoms in total. The standard InChI is InChI=1S/C8H11N3O/c1-6-8(4-9-5-12)7(2)11(3)10-6/h4H2,1-3H3. The molecule has 0 radical (unpaired) electrons. The van der Waals surface area contributed by atoms with Gasteiger partial charge >= 0.3 is 0 Å². The fraction of sp³-hybridized carbons (Fsp3) is 0.500. The zero-order chi connectivity index (χ0) is 9.14. The van der Waals surface area contributed by atoms with E-state index in [2.05, 4.69) is 10.1 Å². The first kappa shape index (κ1) is 8.68. The number of aryl methyl sites for hydroxylation is 2. The van der Waals surface area contributed by atoms with Crippen LogP contribution in [-0.4, -0.2) is 15.9 Å². The van der Waals surface area contributed by atoms with Gasteiger partial charge in [-0.05, 0) is 13.8 Å². The number of hydrogen-bond donors (Lipinski definition) is 0. The highest BCUT2D eigenvalue weighted by molar-refractivity contribution is 5.34. The molecule has 0 unspecified atom stereocenters. The van der Waals surface area contributed by atoms with E-state index in [-0.39, 0.29) is 0 Å². The van der Waals surface area contributed by atoms with Gasteiger partial charge in [0.25, 0.3) is 0 Å². The van der Waals surface area contributed by atoms with E-state index >= 15 is 0 Å². The largest absolute Gasteiger partial charge is 0.272 e. The summed E-state index contributed by atoms with van der Waals surface area (Å²) in [6, 6.07) is 0. The van der Waals surface area contributed by atoms with Crippen LogP contribution in [-0.2, 0) is 18.4 Å². The van der Waals surface area contributed by atoms with Gasteiger partial charge in [0, 0.05) is 18.3 Å². The van der Waals surface area contributed by atoms with Crippen molar-refractivity contribution in [1.29, 1.82) is 0 Å². The molecular formula is C8H11N3O. The molecule has 0 bridgehead atoms. The maximum absolute atomic E-state index is 9.89. The molecule has 0 fully saturated rings. The summed E-state index contributed by atoms with van der Waals surface area (Å²) in [6.45, 7) is 4.24. The molecular weight excluding hydrogens is 154 g/mol. The van der Waals surface area contributed by atoms with Gasteiger partial charge in [-0.15, -0.1) is 0 Å². The third-order valence-electron chi connectivity index (χ3n) is 1.96. The van der Waals surface area contributed by atoms with Crippen LogP contribution in [0.4, 0.5) is 0 Å². The fourth-order valence-electron chi connectivity index (χ4n) is 1.16. The molecule has 0 atom stereocenters. The van der Waals surface area contributed by atoms with E-state index in [1.165, 1.54) is 6.08 Å². The van der Waals surface area contributed by atoms with Gasteiger partial charge in [0.15, 0.2) is 0 Å². The van der Waals surface area contributed by atoms with E-state index in [1.54, 1.807) is 4.68 Å². The Kier molecular flexibility index (Phi) is 2.41. The Labute approximate surface area is 70.9 Å². The zero-order valence-electron chi connectivity index (χ0n) is 7.46. The second-order valence-corrected chi connectivity index (χ2v) is 2.68. The van der Waals surface area contributed by atoms with Crippen LogP contribution < -0.4 is 0 Å². The topological polar surface area (TPSA) is 47.2 Å². The highest BCUT2D eigenvalue weighted by Gasteiger charge is 2.07. The van der Waals surface area contributed by atoms with Crippen molar-refractivity contribution in [2.75, 3.05) is 0 Å². The van der Waals surface area contributed by atoms with Crippen molar-refractivity contribution in [1.82, 2.24) is 9.78 Å². The first-order chi connectivity index (χ1) is 5.66. The van der Waals surface area contributed by atoms with Crippen molar-refractivity contribution < 1.29 is 4.79 Å². The monoisotopic (exact) mass is 165 g/mol. The molecule has 0 amide bonds. The lowest BCUT2D eigenvalue weighted by molar-refractivity contribution is 0.562. The van der Waals surface area contributed by atoms with Gasteiger partial charge in [-0.25, -0.2) is 9.79 Å². The lowest BCUT2D eigenvalue weighted by atomic mass is 10.2. The first-order valence-electron chi connectivity index (χ1n) is 3.69. The van der Waals surface area contributed by atoms with Crippen molar-refractivity contribution >= 4 is 6.08 Å². The molecule has 1 aromatic heterocycles.